The summed E-state index contributed by atoms with van der Waals surface area (Å²) in [7, 11) is 2.11. The molecule has 18 heavy (non-hydrogen) atoms. The quantitative estimate of drug-likeness (QED) is 0.887. The molecule has 2 fully saturated rings. The van der Waals surface area contributed by atoms with Crippen LogP contribution in [0.1, 0.15) is 36.8 Å². The van der Waals surface area contributed by atoms with E-state index in [-0.39, 0.29) is 12.1 Å². The molecule has 1 aliphatic carbocycles. The average molecular weight is 250 g/mol. The second-order valence-corrected chi connectivity index (χ2v) is 5.63. The number of furan rings is 1. The molecule has 1 aromatic heterocycles. The van der Waals surface area contributed by atoms with Crippen LogP contribution in [-0.4, -0.2) is 37.7 Å². The molecule has 1 aliphatic heterocycles. The van der Waals surface area contributed by atoms with Gasteiger partial charge in [0.2, 0.25) is 0 Å². The highest BCUT2D eigenvalue weighted by atomic mass is 16.5. The summed E-state index contributed by atoms with van der Waals surface area (Å²) >= 11 is 0. The SMILES string of the molecule is CC1CC1c1ccc(C2C(CN)OCCN2C)o1. The lowest BCUT2D eigenvalue weighted by Gasteiger charge is -2.37. The van der Waals surface area contributed by atoms with Crippen molar-refractivity contribution in [3.63, 3.8) is 0 Å². The molecule has 2 heterocycles. The molecular formula is C14H22N2O2. The van der Waals surface area contributed by atoms with Crippen LogP contribution in [0, 0.1) is 5.92 Å². The van der Waals surface area contributed by atoms with Crippen molar-refractivity contribution < 1.29 is 9.15 Å². The van der Waals surface area contributed by atoms with Crippen LogP contribution in [0.15, 0.2) is 16.5 Å². The van der Waals surface area contributed by atoms with Gasteiger partial charge in [-0.3, -0.25) is 4.90 Å². The third-order valence-corrected chi connectivity index (χ3v) is 4.25. The fourth-order valence-electron chi connectivity index (χ4n) is 2.90. The molecule has 0 bridgehead atoms. The highest BCUT2D eigenvalue weighted by molar-refractivity contribution is 5.20. The maximum atomic E-state index is 6.04. The van der Waals surface area contributed by atoms with Gasteiger partial charge in [0.25, 0.3) is 0 Å². The first-order chi connectivity index (χ1) is 8.70. The van der Waals surface area contributed by atoms with Gasteiger partial charge in [-0.2, -0.15) is 0 Å². The van der Waals surface area contributed by atoms with Crippen molar-refractivity contribution in [2.75, 3.05) is 26.7 Å². The number of likely N-dealkylation sites (N-methyl/N-ethyl adjacent to an activating group) is 1. The van der Waals surface area contributed by atoms with E-state index in [1.807, 2.05) is 0 Å². The molecule has 4 atom stereocenters. The standard InChI is InChI=1S/C14H22N2O2/c1-9-7-10(9)11-3-4-12(18-11)14-13(8-15)17-6-5-16(14)2/h3-4,9-10,13-14H,5-8,15H2,1-2H3. The van der Waals surface area contributed by atoms with Crippen LogP contribution < -0.4 is 5.73 Å². The van der Waals surface area contributed by atoms with Gasteiger partial charge in [0.05, 0.1) is 18.8 Å². The van der Waals surface area contributed by atoms with E-state index >= 15 is 0 Å². The van der Waals surface area contributed by atoms with Crippen LogP contribution in [0.25, 0.3) is 0 Å². The van der Waals surface area contributed by atoms with Gasteiger partial charge in [-0.15, -0.1) is 0 Å². The van der Waals surface area contributed by atoms with Crippen molar-refractivity contribution in [1.29, 1.82) is 0 Å². The van der Waals surface area contributed by atoms with Gasteiger partial charge in [-0.05, 0) is 31.5 Å². The van der Waals surface area contributed by atoms with Gasteiger partial charge >= 0.3 is 0 Å². The van der Waals surface area contributed by atoms with Crippen LogP contribution in [0.4, 0.5) is 0 Å². The first-order valence-electron chi connectivity index (χ1n) is 6.82. The Morgan fingerprint density at radius 2 is 2.11 bits per heavy atom. The maximum absolute atomic E-state index is 6.04. The average Bonchev–Trinajstić information content (AvgIpc) is 2.91. The highest BCUT2D eigenvalue weighted by Gasteiger charge is 2.38. The number of nitrogens with zero attached hydrogens (tertiary/aromatic N) is 1. The van der Waals surface area contributed by atoms with E-state index in [2.05, 4.69) is 31.0 Å². The van der Waals surface area contributed by atoms with Gasteiger partial charge in [0, 0.05) is 19.0 Å². The van der Waals surface area contributed by atoms with Gasteiger partial charge in [-0.1, -0.05) is 6.92 Å². The molecule has 1 saturated heterocycles. The zero-order valence-electron chi connectivity index (χ0n) is 11.1. The second-order valence-electron chi connectivity index (χ2n) is 5.63. The summed E-state index contributed by atoms with van der Waals surface area (Å²) in [6.07, 6.45) is 1.30. The summed E-state index contributed by atoms with van der Waals surface area (Å²) < 4.78 is 11.8. The molecule has 0 amide bonds. The van der Waals surface area contributed by atoms with E-state index in [1.165, 1.54) is 6.42 Å². The van der Waals surface area contributed by atoms with Crippen LogP contribution in [0.2, 0.25) is 0 Å². The van der Waals surface area contributed by atoms with Crippen LogP contribution in [0.5, 0.6) is 0 Å². The van der Waals surface area contributed by atoms with Crippen LogP contribution in [0.3, 0.4) is 0 Å². The minimum atomic E-state index is 0.0411. The molecule has 4 unspecified atom stereocenters. The molecule has 3 rings (SSSR count). The van der Waals surface area contributed by atoms with Crippen molar-refractivity contribution in [2.45, 2.75) is 31.4 Å². The van der Waals surface area contributed by atoms with E-state index in [0.717, 1.165) is 30.6 Å². The van der Waals surface area contributed by atoms with Crippen LogP contribution >= 0.6 is 0 Å². The number of nitrogens with two attached hydrogens (primary N) is 1. The molecule has 4 heteroatoms. The van der Waals surface area contributed by atoms with E-state index in [1.54, 1.807) is 0 Å². The lowest BCUT2D eigenvalue weighted by Crippen LogP contribution is -2.46. The minimum absolute atomic E-state index is 0.0411. The Bertz CT molecular complexity index is 418. The normalized spacial score (nSPS) is 36.8. The van der Waals surface area contributed by atoms with E-state index < -0.39 is 0 Å². The van der Waals surface area contributed by atoms with Gasteiger partial charge in [0.15, 0.2) is 0 Å². The predicted molar refractivity (Wildman–Crippen MR) is 69.4 cm³/mol. The minimum Gasteiger partial charge on any atom is -0.464 e. The highest BCUT2D eigenvalue weighted by Crippen LogP contribution is 2.48. The molecular weight excluding hydrogens is 228 g/mol. The number of rotatable bonds is 3. The van der Waals surface area contributed by atoms with Crippen molar-refractivity contribution >= 4 is 0 Å². The summed E-state index contributed by atoms with van der Waals surface area (Å²) in [4.78, 5) is 2.28. The smallest absolute Gasteiger partial charge is 0.124 e. The van der Waals surface area contributed by atoms with Crippen molar-refractivity contribution in [3.05, 3.63) is 23.7 Å². The summed E-state index contributed by atoms with van der Waals surface area (Å²) in [6, 6.07) is 4.38. The largest absolute Gasteiger partial charge is 0.464 e. The Balaban J connectivity index is 1.80. The van der Waals surface area contributed by atoms with Gasteiger partial charge < -0.3 is 14.9 Å². The topological polar surface area (TPSA) is 51.6 Å². The molecule has 100 valence electrons. The fraction of sp³-hybridized carbons (Fsp3) is 0.714. The number of hydrogen-bond donors (Lipinski definition) is 1. The summed E-state index contributed by atoms with van der Waals surface area (Å²) in [5, 5.41) is 0. The summed E-state index contributed by atoms with van der Waals surface area (Å²) in [6.45, 7) is 4.48. The van der Waals surface area contributed by atoms with E-state index in [0.29, 0.717) is 12.5 Å². The lowest BCUT2D eigenvalue weighted by molar-refractivity contribution is -0.0642. The first-order valence-corrected chi connectivity index (χ1v) is 6.82. The number of ether oxygens (including phenoxy) is 1. The molecule has 0 spiro atoms. The molecule has 1 saturated carbocycles. The fourth-order valence-corrected chi connectivity index (χ4v) is 2.90. The Morgan fingerprint density at radius 1 is 1.39 bits per heavy atom. The molecule has 4 nitrogen and oxygen atoms in total. The maximum Gasteiger partial charge on any atom is 0.124 e. The van der Waals surface area contributed by atoms with E-state index in [4.69, 9.17) is 14.9 Å². The lowest BCUT2D eigenvalue weighted by atomic mass is 10.1. The van der Waals surface area contributed by atoms with E-state index in [9.17, 15) is 0 Å². The Kier molecular flexibility index (Phi) is 3.18. The van der Waals surface area contributed by atoms with Crippen LogP contribution in [-0.2, 0) is 4.74 Å². The molecule has 2 N–H and O–H groups in total. The number of hydrogen-bond acceptors (Lipinski definition) is 4. The van der Waals surface area contributed by atoms with Crippen molar-refractivity contribution in [2.24, 2.45) is 11.7 Å². The molecule has 0 radical (unpaired) electrons. The summed E-state index contributed by atoms with van der Waals surface area (Å²) in [5.74, 6) is 3.54. The van der Waals surface area contributed by atoms with Crippen molar-refractivity contribution in [3.8, 4) is 0 Å². The summed E-state index contributed by atoms with van der Waals surface area (Å²) in [5.41, 5.74) is 5.80. The first kappa shape index (κ1) is 12.2. The molecule has 1 aromatic rings. The predicted octanol–water partition coefficient (Wildman–Crippen LogP) is 1.73. The third-order valence-electron chi connectivity index (χ3n) is 4.25. The Morgan fingerprint density at radius 3 is 2.78 bits per heavy atom. The van der Waals surface area contributed by atoms with Crippen molar-refractivity contribution in [1.82, 2.24) is 4.90 Å². The Hall–Kier alpha value is -0.840. The zero-order chi connectivity index (χ0) is 12.7. The second kappa shape index (κ2) is 4.68. The monoisotopic (exact) mass is 250 g/mol. The Labute approximate surface area is 108 Å². The molecule has 2 aliphatic rings. The number of morpholine rings is 1. The van der Waals surface area contributed by atoms with Gasteiger partial charge in [0.1, 0.15) is 11.5 Å². The molecule has 0 aromatic carbocycles. The van der Waals surface area contributed by atoms with Gasteiger partial charge in [-0.25, -0.2) is 0 Å². The third kappa shape index (κ3) is 2.09. The zero-order valence-corrected chi connectivity index (χ0v) is 11.1.